The number of alkyl halides is 4. The van der Waals surface area contributed by atoms with E-state index in [2.05, 4.69) is 0 Å². The highest BCUT2D eigenvalue weighted by Crippen LogP contribution is 2.42. The molecule has 0 aliphatic heterocycles. The average molecular weight is 337 g/mol. The lowest BCUT2D eigenvalue weighted by molar-refractivity contribution is -0.233. The van der Waals surface area contributed by atoms with Gasteiger partial charge in [0.2, 0.25) is 16.0 Å². The normalized spacial score (nSPS) is 17.1. The molecule has 0 saturated carbocycles. The quantitative estimate of drug-likeness (QED) is 0.544. The van der Waals surface area contributed by atoms with Crippen LogP contribution in [0.2, 0.25) is 0 Å². The van der Waals surface area contributed by atoms with Gasteiger partial charge in [-0.3, -0.25) is 4.79 Å². The first kappa shape index (κ1) is 20.1. The van der Waals surface area contributed by atoms with E-state index in [0.717, 1.165) is 0 Å². The van der Waals surface area contributed by atoms with Crippen LogP contribution in [0.15, 0.2) is 0 Å². The maximum Gasteiger partial charge on any atom is 0.404 e. The van der Waals surface area contributed by atoms with E-state index in [1.54, 1.807) is 0 Å². The fourth-order valence-electron chi connectivity index (χ4n) is 1.27. The maximum atomic E-state index is 12.9. The first-order valence-corrected chi connectivity index (χ1v) is 7.89. The van der Waals surface area contributed by atoms with Crippen molar-refractivity contribution in [2.45, 2.75) is 45.9 Å². The smallest absolute Gasteiger partial charge is 0.404 e. The monoisotopic (exact) mass is 337 g/mol. The summed E-state index contributed by atoms with van der Waals surface area (Å²) in [4.78, 5) is 11.7. The number of hydrogen-bond donors (Lipinski definition) is 1. The van der Waals surface area contributed by atoms with Gasteiger partial charge in [0.05, 0.1) is 0 Å². The molecule has 0 radical (unpaired) electrons. The summed E-state index contributed by atoms with van der Waals surface area (Å²) in [6, 6.07) is -1.66. The van der Waals surface area contributed by atoms with Crippen molar-refractivity contribution < 1.29 is 35.5 Å². The van der Waals surface area contributed by atoms with Crippen molar-refractivity contribution in [2.24, 2.45) is 5.41 Å². The Balaban J connectivity index is 4.87. The maximum absolute atomic E-state index is 12.9. The minimum atomic E-state index is -4.78. The molecule has 0 aromatic rings. The van der Waals surface area contributed by atoms with Gasteiger partial charge in [-0.1, -0.05) is 13.8 Å². The van der Waals surface area contributed by atoms with E-state index >= 15 is 0 Å². The van der Waals surface area contributed by atoms with Gasteiger partial charge in [0.25, 0.3) is 0 Å². The summed E-state index contributed by atoms with van der Waals surface area (Å²) in [6.07, 6.45) is -6.32. The van der Waals surface area contributed by atoms with Crippen LogP contribution < -0.4 is 4.72 Å². The molecule has 0 aromatic heterocycles. The van der Waals surface area contributed by atoms with Crippen LogP contribution >= 0.6 is 0 Å². The van der Waals surface area contributed by atoms with Gasteiger partial charge in [-0.05, 0) is 19.8 Å². The molecule has 10 heteroatoms. The van der Waals surface area contributed by atoms with Gasteiger partial charge < -0.3 is 4.74 Å². The van der Waals surface area contributed by atoms with Crippen molar-refractivity contribution in [3.8, 4) is 0 Å². The number of sulfonamides is 1. The van der Waals surface area contributed by atoms with Crippen molar-refractivity contribution in [1.82, 2.24) is 4.72 Å². The fraction of sp³-hybridized carbons (Fsp3) is 0.909. The highest BCUT2D eigenvalue weighted by atomic mass is 32.2. The van der Waals surface area contributed by atoms with E-state index in [1.807, 2.05) is 4.72 Å². The van der Waals surface area contributed by atoms with Gasteiger partial charge in [0.15, 0.2) is 5.41 Å². The summed E-state index contributed by atoms with van der Waals surface area (Å²) in [5, 5.41) is 0. The zero-order chi connectivity index (χ0) is 16.9. The fourth-order valence-corrected chi connectivity index (χ4v) is 1.79. The van der Waals surface area contributed by atoms with Gasteiger partial charge >= 0.3 is 12.1 Å². The SMILES string of the molecule is CCC(CNS(=O)(=O)CF)OC(=O)C(C)(CC)C(F)(F)F. The van der Waals surface area contributed by atoms with E-state index in [0.29, 0.717) is 6.92 Å². The zero-order valence-corrected chi connectivity index (χ0v) is 12.8. The standard InChI is InChI=1S/C11H19F4NO4S/c1-4-8(6-16-21(18,19)7-12)20-9(17)10(3,5-2)11(13,14)15/h8,16H,4-7H2,1-3H3. The van der Waals surface area contributed by atoms with E-state index in [1.165, 1.54) is 13.8 Å². The van der Waals surface area contributed by atoms with Crippen LogP contribution in [0.3, 0.4) is 0 Å². The van der Waals surface area contributed by atoms with Crippen molar-refractivity contribution in [2.75, 3.05) is 12.6 Å². The number of carbonyl (C=O) groups is 1. The largest absolute Gasteiger partial charge is 0.460 e. The molecule has 0 spiro atoms. The summed E-state index contributed by atoms with van der Waals surface area (Å²) in [7, 11) is -4.16. The topological polar surface area (TPSA) is 72.5 Å². The molecular weight excluding hydrogens is 318 g/mol. The zero-order valence-electron chi connectivity index (χ0n) is 12.0. The highest BCUT2D eigenvalue weighted by molar-refractivity contribution is 7.89. The Labute approximate surface area is 121 Å². The van der Waals surface area contributed by atoms with Crippen LogP contribution in [-0.4, -0.2) is 39.2 Å². The summed E-state index contributed by atoms with van der Waals surface area (Å²) in [6.45, 7) is 2.93. The Bertz CT molecular complexity index is 452. The molecule has 0 heterocycles. The molecule has 0 bridgehead atoms. The molecule has 1 N–H and O–H groups in total. The van der Waals surface area contributed by atoms with Crippen LogP contribution in [0.25, 0.3) is 0 Å². The first-order valence-electron chi connectivity index (χ1n) is 6.24. The summed E-state index contributed by atoms with van der Waals surface area (Å²) >= 11 is 0. The summed E-state index contributed by atoms with van der Waals surface area (Å²) in [5.74, 6) is -1.48. The molecule has 5 nitrogen and oxygen atoms in total. The molecule has 0 aliphatic carbocycles. The van der Waals surface area contributed by atoms with Crippen molar-refractivity contribution in [3.05, 3.63) is 0 Å². The van der Waals surface area contributed by atoms with Crippen molar-refractivity contribution in [3.63, 3.8) is 0 Å². The Hall–Kier alpha value is -0.900. The third-order valence-electron chi connectivity index (χ3n) is 3.19. The van der Waals surface area contributed by atoms with Crippen LogP contribution in [0, 0.1) is 5.41 Å². The summed E-state index contributed by atoms with van der Waals surface area (Å²) in [5.41, 5.74) is -2.67. The van der Waals surface area contributed by atoms with Gasteiger partial charge in [0, 0.05) is 6.54 Å². The Morgan fingerprint density at radius 1 is 1.29 bits per heavy atom. The van der Waals surface area contributed by atoms with Crippen LogP contribution in [0.1, 0.15) is 33.6 Å². The highest BCUT2D eigenvalue weighted by Gasteiger charge is 2.56. The second-order valence-corrected chi connectivity index (χ2v) is 6.43. The van der Waals surface area contributed by atoms with Gasteiger partial charge in [0.1, 0.15) is 6.10 Å². The minimum absolute atomic E-state index is 0.0815. The van der Waals surface area contributed by atoms with Crippen LogP contribution in [0.5, 0.6) is 0 Å². The Morgan fingerprint density at radius 2 is 1.81 bits per heavy atom. The van der Waals surface area contributed by atoms with E-state index in [-0.39, 0.29) is 6.42 Å². The Morgan fingerprint density at radius 3 is 2.14 bits per heavy atom. The molecule has 21 heavy (non-hydrogen) atoms. The van der Waals surface area contributed by atoms with E-state index < -0.39 is 52.7 Å². The molecule has 126 valence electrons. The van der Waals surface area contributed by atoms with Crippen molar-refractivity contribution in [1.29, 1.82) is 0 Å². The third kappa shape index (κ3) is 5.42. The lowest BCUT2D eigenvalue weighted by Gasteiger charge is -2.30. The number of hydrogen-bond acceptors (Lipinski definition) is 4. The third-order valence-corrected chi connectivity index (χ3v) is 4.08. The first-order chi connectivity index (χ1) is 9.43. The van der Waals surface area contributed by atoms with E-state index in [4.69, 9.17) is 4.74 Å². The molecule has 0 aromatic carbocycles. The number of nitrogens with one attached hydrogen (secondary N) is 1. The average Bonchev–Trinajstić information content (AvgIpc) is 2.40. The summed E-state index contributed by atoms with van der Waals surface area (Å²) < 4.78 is 79.1. The predicted molar refractivity (Wildman–Crippen MR) is 67.5 cm³/mol. The lowest BCUT2D eigenvalue weighted by Crippen LogP contribution is -2.46. The molecular formula is C11H19F4NO4S. The molecule has 2 unspecified atom stereocenters. The molecule has 0 amide bonds. The van der Waals surface area contributed by atoms with Gasteiger partial charge in [-0.15, -0.1) is 0 Å². The van der Waals surface area contributed by atoms with Crippen LogP contribution in [-0.2, 0) is 19.6 Å². The number of esters is 1. The predicted octanol–water partition coefficient (Wildman–Crippen LogP) is 2.13. The van der Waals surface area contributed by atoms with Gasteiger partial charge in [-0.2, -0.15) is 13.2 Å². The number of halogens is 4. The number of rotatable bonds is 8. The molecule has 0 fully saturated rings. The number of ether oxygens (including phenoxy) is 1. The van der Waals surface area contributed by atoms with Crippen molar-refractivity contribution >= 4 is 16.0 Å². The van der Waals surface area contributed by atoms with E-state index in [9.17, 15) is 30.8 Å². The second-order valence-electron chi connectivity index (χ2n) is 4.69. The second kappa shape index (κ2) is 7.39. The molecule has 0 saturated heterocycles. The minimum Gasteiger partial charge on any atom is -0.460 e. The lowest BCUT2D eigenvalue weighted by atomic mass is 9.87. The molecule has 0 aliphatic rings. The molecule has 2 atom stereocenters. The Kier molecular flexibility index (Phi) is 7.07. The molecule has 0 rings (SSSR count). The van der Waals surface area contributed by atoms with Gasteiger partial charge in [-0.25, -0.2) is 17.5 Å². The number of carbonyl (C=O) groups excluding carboxylic acids is 1. The van der Waals surface area contributed by atoms with Crippen LogP contribution in [0.4, 0.5) is 17.6 Å².